The van der Waals surface area contributed by atoms with Gasteiger partial charge >= 0.3 is 0 Å². The summed E-state index contributed by atoms with van der Waals surface area (Å²) in [4.78, 5) is 12.7. The SMILES string of the molecule is CCCCCCC(CC)n1cnc2c(N)ncnc21. The first-order valence-electron chi connectivity index (χ1n) is 7.20. The third-order valence-electron chi connectivity index (χ3n) is 3.64. The van der Waals surface area contributed by atoms with Crippen molar-refractivity contribution in [3.8, 4) is 0 Å². The Labute approximate surface area is 114 Å². The molecule has 5 heteroatoms. The van der Waals surface area contributed by atoms with Crippen molar-refractivity contribution in [1.82, 2.24) is 19.5 Å². The maximum Gasteiger partial charge on any atom is 0.165 e. The smallest absolute Gasteiger partial charge is 0.165 e. The lowest BCUT2D eigenvalue weighted by Crippen LogP contribution is -2.08. The zero-order valence-corrected chi connectivity index (χ0v) is 11.8. The Morgan fingerprint density at radius 3 is 2.74 bits per heavy atom. The molecule has 2 rings (SSSR count). The highest BCUT2D eigenvalue weighted by Gasteiger charge is 2.14. The number of unbranched alkanes of at least 4 members (excludes halogenated alkanes) is 3. The highest BCUT2D eigenvalue weighted by atomic mass is 15.1. The fraction of sp³-hybridized carbons (Fsp3) is 0.643. The van der Waals surface area contributed by atoms with Gasteiger partial charge in [-0.15, -0.1) is 0 Å². The Morgan fingerprint density at radius 2 is 2.00 bits per heavy atom. The molecular formula is C14H23N5. The lowest BCUT2D eigenvalue weighted by molar-refractivity contribution is 0.435. The second-order valence-electron chi connectivity index (χ2n) is 4.99. The molecule has 2 aromatic rings. The fourth-order valence-corrected chi connectivity index (χ4v) is 2.48. The van der Waals surface area contributed by atoms with Crippen molar-refractivity contribution in [2.75, 3.05) is 5.73 Å². The van der Waals surface area contributed by atoms with Gasteiger partial charge in [0.05, 0.1) is 6.33 Å². The second-order valence-corrected chi connectivity index (χ2v) is 4.99. The normalized spacial score (nSPS) is 12.9. The van der Waals surface area contributed by atoms with Crippen molar-refractivity contribution in [3.63, 3.8) is 0 Å². The molecule has 0 aromatic carbocycles. The van der Waals surface area contributed by atoms with Crippen LogP contribution in [0.5, 0.6) is 0 Å². The summed E-state index contributed by atoms with van der Waals surface area (Å²) in [5.41, 5.74) is 7.40. The van der Waals surface area contributed by atoms with Crippen LogP contribution in [0.1, 0.15) is 58.4 Å². The number of nitrogen functional groups attached to an aromatic ring is 1. The molecule has 0 fully saturated rings. The number of imidazole rings is 1. The molecule has 19 heavy (non-hydrogen) atoms. The van der Waals surface area contributed by atoms with Crippen LogP contribution < -0.4 is 5.73 Å². The monoisotopic (exact) mass is 261 g/mol. The quantitative estimate of drug-likeness (QED) is 0.776. The first-order chi connectivity index (χ1) is 9.27. The van der Waals surface area contributed by atoms with Gasteiger partial charge in [0.15, 0.2) is 11.5 Å². The van der Waals surface area contributed by atoms with Crippen LogP contribution in [0.15, 0.2) is 12.7 Å². The number of hydrogen-bond donors (Lipinski definition) is 1. The Balaban J connectivity index is 2.14. The maximum atomic E-state index is 5.82. The number of nitrogens with zero attached hydrogens (tertiary/aromatic N) is 4. The van der Waals surface area contributed by atoms with E-state index in [1.165, 1.54) is 38.4 Å². The van der Waals surface area contributed by atoms with Gasteiger partial charge in [-0.05, 0) is 12.8 Å². The largest absolute Gasteiger partial charge is 0.382 e. The molecule has 2 aromatic heterocycles. The van der Waals surface area contributed by atoms with Gasteiger partial charge in [-0.25, -0.2) is 15.0 Å². The van der Waals surface area contributed by atoms with Crippen molar-refractivity contribution >= 4 is 17.0 Å². The van der Waals surface area contributed by atoms with E-state index in [0.717, 1.165) is 17.6 Å². The van der Waals surface area contributed by atoms with E-state index in [4.69, 9.17) is 5.73 Å². The molecule has 104 valence electrons. The van der Waals surface area contributed by atoms with E-state index < -0.39 is 0 Å². The average molecular weight is 261 g/mol. The van der Waals surface area contributed by atoms with Gasteiger partial charge in [0.1, 0.15) is 11.8 Å². The van der Waals surface area contributed by atoms with E-state index in [0.29, 0.717) is 11.9 Å². The molecule has 0 bridgehead atoms. The fourth-order valence-electron chi connectivity index (χ4n) is 2.48. The van der Waals surface area contributed by atoms with Crippen molar-refractivity contribution in [2.24, 2.45) is 0 Å². The van der Waals surface area contributed by atoms with Crippen molar-refractivity contribution in [3.05, 3.63) is 12.7 Å². The summed E-state index contributed by atoms with van der Waals surface area (Å²) in [7, 11) is 0. The summed E-state index contributed by atoms with van der Waals surface area (Å²) in [5, 5.41) is 0. The Hall–Kier alpha value is -1.65. The number of anilines is 1. The van der Waals surface area contributed by atoms with Crippen LogP contribution in [0, 0.1) is 0 Å². The Morgan fingerprint density at radius 1 is 1.16 bits per heavy atom. The third-order valence-corrected chi connectivity index (χ3v) is 3.64. The summed E-state index contributed by atoms with van der Waals surface area (Å²) in [6.45, 7) is 4.45. The van der Waals surface area contributed by atoms with Crippen LogP contribution in [-0.2, 0) is 0 Å². The zero-order chi connectivity index (χ0) is 13.7. The number of hydrogen-bond acceptors (Lipinski definition) is 4. The van der Waals surface area contributed by atoms with E-state index in [2.05, 4.69) is 33.4 Å². The molecule has 0 saturated carbocycles. The van der Waals surface area contributed by atoms with E-state index in [1.807, 2.05) is 6.33 Å². The van der Waals surface area contributed by atoms with E-state index >= 15 is 0 Å². The molecule has 0 saturated heterocycles. The summed E-state index contributed by atoms with van der Waals surface area (Å²) in [6.07, 6.45) is 10.8. The molecule has 0 spiro atoms. The van der Waals surface area contributed by atoms with Crippen LogP contribution in [0.2, 0.25) is 0 Å². The molecule has 0 aliphatic rings. The lowest BCUT2D eigenvalue weighted by atomic mass is 10.1. The summed E-state index contributed by atoms with van der Waals surface area (Å²) >= 11 is 0. The summed E-state index contributed by atoms with van der Waals surface area (Å²) < 4.78 is 2.15. The topological polar surface area (TPSA) is 69.6 Å². The molecule has 0 aliphatic heterocycles. The number of rotatable bonds is 7. The molecule has 2 N–H and O–H groups in total. The van der Waals surface area contributed by atoms with Crippen molar-refractivity contribution in [1.29, 1.82) is 0 Å². The van der Waals surface area contributed by atoms with Crippen molar-refractivity contribution < 1.29 is 0 Å². The number of aromatic nitrogens is 4. The Bertz CT molecular complexity index is 520. The van der Waals surface area contributed by atoms with Crippen LogP contribution in [0.25, 0.3) is 11.2 Å². The van der Waals surface area contributed by atoms with Crippen LogP contribution in [0.4, 0.5) is 5.82 Å². The van der Waals surface area contributed by atoms with Gasteiger partial charge in [0, 0.05) is 6.04 Å². The minimum atomic E-state index is 0.455. The van der Waals surface area contributed by atoms with Crippen LogP contribution in [0.3, 0.4) is 0 Å². The van der Waals surface area contributed by atoms with Crippen LogP contribution in [-0.4, -0.2) is 19.5 Å². The Kier molecular flexibility index (Phi) is 4.71. The van der Waals surface area contributed by atoms with Gasteiger partial charge in [0.2, 0.25) is 0 Å². The first kappa shape index (κ1) is 13.8. The molecular weight excluding hydrogens is 238 g/mol. The van der Waals surface area contributed by atoms with E-state index in [1.54, 1.807) is 0 Å². The molecule has 2 heterocycles. The highest BCUT2D eigenvalue weighted by molar-refractivity contribution is 5.81. The third kappa shape index (κ3) is 3.03. The standard InChI is InChI=1S/C14H23N5/c1-3-5-6-7-8-11(4-2)19-10-18-12-13(15)16-9-17-14(12)19/h9-11H,3-8H2,1-2H3,(H2,15,16,17). The predicted octanol–water partition coefficient (Wildman–Crippen LogP) is 3.33. The lowest BCUT2D eigenvalue weighted by Gasteiger charge is -2.17. The van der Waals surface area contributed by atoms with E-state index in [-0.39, 0.29) is 0 Å². The van der Waals surface area contributed by atoms with Gasteiger partial charge < -0.3 is 10.3 Å². The van der Waals surface area contributed by atoms with E-state index in [9.17, 15) is 0 Å². The first-order valence-corrected chi connectivity index (χ1v) is 7.20. The highest BCUT2D eigenvalue weighted by Crippen LogP contribution is 2.24. The molecule has 0 radical (unpaired) electrons. The second kappa shape index (κ2) is 6.50. The average Bonchev–Trinajstić information content (AvgIpc) is 2.84. The predicted molar refractivity (Wildman–Crippen MR) is 77.8 cm³/mol. The summed E-state index contributed by atoms with van der Waals surface area (Å²) in [5.74, 6) is 0.463. The molecule has 0 aliphatic carbocycles. The molecule has 5 nitrogen and oxygen atoms in total. The minimum Gasteiger partial charge on any atom is -0.382 e. The van der Waals surface area contributed by atoms with Gasteiger partial charge in [-0.1, -0.05) is 39.5 Å². The minimum absolute atomic E-state index is 0.455. The van der Waals surface area contributed by atoms with Gasteiger partial charge in [-0.2, -0.15) is 0 Å². The molecule has 0 amide bonds. The number of fused-ring (bicyclic) bond motifs is 1. The van der Waals surface area contributed by atoms with Crippen molar-refractivity contribution in [2.45, 2.75) is 58.4 Å². The van der Waals surface area contributed by atoms with Crippen LogP contribution >= 0.6 is 0 Å². The molecule has 1 unspecified atom stereocenters. The summed E-state index contributed by atoms with van der Waals surface area (Å²) in [6, 6.07) is 0.455. The van der Waals surface area contributed by atoms with Gasteiger partial charge in [-0.3, -0.25) is 0 Å². The maximum absolute atomic E-state index is 5.82. The number of nitrogens with two attached hydrogens (primary N) is 1. The van der Waals surface area contributed by atoms with Gasteiger partial charge in [0.25, 0.3) is 0 Å². The zero-order valence-electron chi connectivity index (χ0n) is 11.8. The molecule has 1 atom stereocenters.